The van der Waals surface area contributed by atoms with Crippen molar-refractivity contribution in [3.05, 3.63) is 30.1 Å². The van der Waals surface area contributed by atoms with Crippen molar-refractivity contribution in [2.24, 2.45) is 4.99 Å². The fourth-order valence-corrected chi connectivity index (χ4v) is 3.98. The minimum absolute atomic E-state index is 0. The molecule has 3 heterocycles. The van der Waals surface area contributed by atoms with Crippen LogP contribution in [0.3, 0.4) is 0 Å². The Hall–Kier alpha value is -2.04. The number of nitrogens with zero attached hydrogens (tertiary/aromatic N) is 5. The summed E-state index contributed by atoms with van der Waals surface area (Å²) in [7, 11) is 0. The third-order valence-corrected chi connectivity index (χ3v) is 5.32. The molecule has 9 heteroatoms. The first-order chi connectivity index (χ1) is 13.8. The molecule has 1 atom stereocenters. The lowest BCUT2D eigenvalue weighted by atomic mass is 10.2. The van der Waals surface area contributed by atoms with Gasteiger partial charge in [-0.25, -0.2) is 9.78 Å². The predicted molar refractivity (Wildman–Crippen MR) is 128 cm³/mol. The molecular formula is C21H31IN6O2. The number of imidazole rings is 1. The standard InChI is InChI=1S/C21H30N6O2.HI/c1-15-24-17-7-5-6-8-18(17)26(15)10-9-22-19-23-13-16-14-25(11-12-27(16)19)20(28)29-21(2,3)4;/h5-8,16H,9-14H2,1-4H3,(H,22,23);1H. The van der Waals surface area contributed by atoms with Crippen LogP contribution in [0.25, 0.3) is 11.0 Å². The second-order valence-corrected chi connectivity index (χ2v) is 8.66. The summed E-state index contributed by atoms with van der Waals surface area (Å²) in [5, 5.41) is 3.49. The first-order valence-corrected chi connectivity index (χ1v) is 10.3. The van der Waals surface area contributed by atoms with Gasteiger partial charge in [-0.3, -0.25) is 4.99 Å². The van der Waals surface area contributed by atoms with Crippen LogP contribution in [0.2, 0.25) is 0 Å². The van der Waals surface area contributed by atoms with E-state index in [4.69, 9.17) is 4.74 Å². The van der Waals surface area contributed by atoms with Gasteiger partial charge >= 0.3 is 6.09 Å². The molecule has 4 rings (SSSR count). The Morgan fingerprint density at radius 2 is 2.03 bits per heavy atom. The van der Waals surface area contributed by atoms with E-state index < -0.39 is 5.60 Å². The SMILES string of the molecule is Cc1nc2ccccc2n1CCNC1=NCC2CN(C(=O)OC(C)(C)C)CCN12.I. The van der Waals surface area contributed by atoms with E-state index >= 15 is 0 Å². The van der Waals surface area contributed by atoms with Crippen LogP contribution in [0.1, 0.15) is 26.6 Å². The van der Waals surface area contributed by atoms with Crippen LogP contribution in [-0.2, 0) is 11.3 Å². The van der Waals surface area contributed by atoms with Gasteiger partial charge in [0.15, 0.2) is 5.96 Å². The maximum atomic E-state index is 12.3. The number of nitrogens with one attached hydrogen (secondary N) is 1. The molecule has 1 saturated heterocycles. The Labute approximate surface area is 194 Å². The van der Waals surface area contributed by atoms with Gasteiger partial charge in [-0.05, 0) is 39.8 Å². The number of halogens is 1. The molecule has 0 saturated carbocycles. The molecule has 8 nitrogen and oxygen atoms in total. The Morgan fingerprint density at radius 1 is 1.27 bits per heavy atom. The van der Waals surface area contributed by atoms with Crippen LogP contribution in [-0.4, -0.2) is 75.8 Å². The normalized spacial score (nSPS) is 18.7. The number of hydrogen-bond donors (Lipinski definition) is 1. The number of guanidine groups is 1. The van der Waals surface area contributed by atoms with Crippen molar-refractivity contribution in [2.45, 2.75) is 45.9 Å². The van der Waals surface area contributed by atoms with Gasteiger partial charge < -0.3 is 24.4 Å². The molecule has 1 fully saturated rings. The van der Waals surface area contributed by atoms with Gasteiger partial charge in [0.05, 0.1) is 23.6 Å². The van der Waals surface area contributed by atoms with Crippen molar-refractivity contribution in [3.8, 4) is 0 Å². The molecule has 0 aliphatic carbocycles. The molecule has 0 spiro atoms. The summed E-state index contributed by atoms with van der Waals surface area (Å²) in [5.41, 5.74) is 1.72. The van der Waals surface area contributed by atoms with E-state index in [-0.39, 0.29) is 36.1 Å². The fourth-order valence-electron chi connectivity index (χ4n) is 3.98. The van der Waals surface area contributed by atoms with E-state index in [1.807, 2.05) is 45.9 Å². The van der Waals surface area contributed by atoms with E-state index in [0.717, 1.165) is 42.5 Å². The summed E-state index contributed by atoms with van der Waals surface area (Å²) >= 11 is 0. The summed E-state index contributed by atoms with van der Waals surface area (Å²) in [5.74, 6) is 1.95. The van der Waals surface area contributed by atoms with Crippen LogP contribution >= 0.6 is 24.0 Å². The van der Waals surface area contributed by atoms with Crippen molar-refractivity contribution in [1.82, 2.24) is 24.7 Å². The van der Waals surface area contributed by atoms with Gasteiger partial charge in [0.1, 0.15) is 11.4 Å². The van der Waals surface area contributed by atoms with Gasteiger partial charge in [0.25, 0.3) is 0 Å². The molecule has 1 aromatic carbocycles. The summed E-state index contributed by atoms with van der Waals surface area (Å²) in [6.45, 7) is 12.1. The van der Waals surface area contributed by atoms with Crippen molar-refractivity contribution >= 4 is 47.1 Å². The number of aryl methyl sites for hydroxylation is 1. The van der Waals surface area contributed by atoms with Crippen molar-refractivity contribution < 1.29 is 9.53 Å². The molecule has 0 bridgehead atoms. The van der Waals surface area contributed by atoms with Crippen LogP contribution in [0.15, 0.2) is 29.3 Å². The molecule has 0 radical (unpaired) electrons. The minimum atomic E-state index is -0.470. The van der Waals surface area contributed by atoms with E-state index in [0.29, 0.717) is 19.6 Å². The van der Waals surface area contributed by atoms with Crippen molar-refractivity contribution in [3.63, 3.8) is 0 Å². The zero-order valence-corrected chi connectivity index (χ0v) is 20.4. The smallest absolute Gasteiger partial charge is 0.410 e. The number of aromatic nitrogens is 2. The largest absolute Gasteiger partial charge is 0.444 e. The van der Waals surface area contributed by atoms with Gasteiger partial charge in [-0.1, -0.05) is 12.1 Å². The molecule has 1 unspecified atom stereocenters. The van der Waals surface area contributed by atoms with Gasteiger partial charge in [0.2, 0.25) is 0 Å². The second-order valence-electron chi connectivity index (χ2n) is 8.66. The molecule has 2 aliphatic rings. The number of hydrogen-bond acceptors (Lipinski definition) is 6. The molecule has 2 aromatic rings. The molecule has 1 amide bonds. The predicted octanol–water partition coefficient (Wildman–Crippen LogP) is 2.84. The van der Waals surface area contributed by atoms with Crippen LogP contribution in [0, 0.1) is 6.92 Å². The third-order valence-electron chi connectivity index (χ3n) is 5.32. The van der Waals surface area contributed by atoms with Gasteiger partial charge in [0, 0.05) is 32.7 Å². The summed E-state index contributed by atoms with van der Waals surface area (Å²) in [4.78, 5) is 25.7. The number of piperazine rings is 1. The topological polar surface area (TPSA) is 75.0 Å². The summed E-state index contributed by atoms with van der Waals surface area (Å²) in [6, 6.07) is 8.43. The number of ether oxygens (including phenoxy) is 1. The lowest BCUT2D eigenvalue weighted by Crippen LogP contribution is -2.57. The quantitative estimate of drug-likeness (QED) is 0.623. The average Bonchev–Trinajstić information content (AvgIpc) is 3.21. The minimum Gasteiger partial charge on any atom is -0.444 e. The lowest BCUT2D eigenvalue weighted by molar-refractivity contribution is 0.0137. The first kappa shape index (κ1) is 22.6. The summed E-state index contributed by atoms with van der Waals surface area (Å²) in [6.07, 6.45) is -0.235. The van der Waals surface area contributed by atoms with Crippen molar-refractivity contribution in [1.29, 1.82) is 0 Å². The Balaban J connectivity index is 0.00000256. The molecular weight excluding hydrogens is 495 g/mol. The number of fused-ring (bicyclic) bond motifs is 2. The Kier molecular flexibility index (Phi) is 6.78. The Bertz CT molecular complexity index is 935. The average molecular weight is 526 g/mol. The highest BCUT2D eigenvalue weighted by Crippen LogP contribution is 2.19. The molecule has 164 valence electrons. The maximum Gasteiger partial charge on any atom is 0.410 e. The van der Waals surface area contributed by atoms with Crippen LogP contribution < -0.4 is 5.32 Å². The van der Waals surface area contributed by atoms with E-state index in [1.165, 1.54) is 0 Å². The number of benzene rings is 1. The third kappa shape index (κ3) is 4.81. The Morgan fingerprint density at radius 3 is 2.80 bits per heavy atom. The number of amides is 1. The zero-order chi connectivity index (χ0) is 20.6. The van der Waals surface area contributed by atoms with Gasteiger partial charge in [-0.15, -0.1) is 24.0 Å². The maximum absolute atomic E-state index is 12.3. The number of carbonyl (C=O) groups excluding carboxylic acids is 1. The molecule has 2 aliphatic heterocycles. The van der Waals surface area contributed by atoms with Gasteiger partial charge in [-0.2, -0.15) is 0 Å². The van der Waals surface area contributed by atoms with Crippen molar-refractivity contribution in [2.75, 3.05) is 32.7 Å². The second kappa shape index (κ2) is 8.99. The molecule has 1 N–H and O–H groups in total. The number of rotatable bonds is 3. The number of para-hydroxylation sites is 2. The molecule has 30 heavy (non-hydrogen) atoms. The fraction of sp³-hybridized carbons (Fsp3) is 0.571. The highest BCUT2D eigenvalue weighted by atomic mass is 127. The number of carbonyl (C=O) groups is 1. The van der Waals surface area contributed by atoms with Crippen LogP contribution in [0.5, 0.6) is 0 Å². The zero-order valence-electron chi connectivity index (χ0n) is 18.1. The van der Waals surface area contributed by atoms with E-state index in [9.17, 15) is 4.79 Å². The highest BCUT2D eigenvalue weighted by molar-refractivity contribution is 14.0. The monoisotopic (exact) mass is 526 g/mol. The lowest BCUT2D eigenvalue weighted by Gasteiger charge is -2.39. The van der Waals surface area contributed by atoms with E-state index in [1.54, 1.807) is 4.90 Å². The summed E-state index contributed by atoms with van der Waals surface area (Å²) < 4.78 is 7.74. The van der Waals surface area contributed by atoms with E-state index in [2.05, 4.69) is 30.8 Å². The van der Waals surface area contributed by atoms with Crippen LogP contribution in [0.4, 0.5) is 4.79 Å². The highest BCUT2D eigenvalue weighted by Gasteiger charge is 2.36. The number of aliphatic imine (C=N–C) groups is 1. The molecule has 1 aromatic heterocycles. The first-order valence-electron chi connectivity index (χ1n) is 10.3.